The number of hydrogen-bond donors (Lipinski definition) is 0. The van der Waals surface area contributed by atoms with E-state index in [0.717, 1.165) is 18.7 Å². The first kappa shape index (κ1) is 14.4. The molecule has 4 nitrogen and oxygen atoms in total. The van der Waals surface area contributed by atoms with E-state index >= 15 is 0 Å². The number of carbonyl (C=O) groups is 1. The van der Waals surface area contributed by atoms with Crippen molar-refractivity contribution >= 4 is 17.3 Å². The van der Waals surface area contributed by atoms with Crippen molar-refractivity contribution in [3.63, 3.8) is 0 Å². The van der Waals surface area contributed by atoms with E-state index in [0.29, 0.717) is 6.04 Å². The highest BCUT2D eigenvalue weighted by Gasteiger charge is 2.25. The summed E-state index contributed by atoms with van der Waals surface area (Å²) in [5, 5.41) is 0. The van der Waals surface area contributed by atoms with Crippen LogP contribution in [0.3, 0.4) is 0 Å². The molecule has 1 saturated heterocycles. The van der Waals surface area contributed by atoms with Gasteiger partial charge in [0.05, 0.1) is 0 Å². The predicted octanol–water partition coefficient (Wildman–Crippen LogP) is 2.13. The van der Waals surface area contributed by atoms with Crippen molar-refractivity contribution in [2.75, 3.05) is 43.5 Å². The number of piperidine rings is 1. The monoisotopic (exact) mass is 287 g/mol. The molecule has 0 atom stereocenters. The van der Waals surface area contributed by atoms with E-state index in [9.17, 15) is 4.79 Å². The van der Waals surface area contributed by atoms with Gasteiger partial charge in [-0.2, -0.15) is 0 Å². The van der Waals surface area contributed by atoms with Crippen molar-refractivity contribution in [3.8, 4) is 0 Å². The molecule has 1 amide bonds. The number of anilines is 2. The Morgan fingerprint density at radius 1 is 1.24 bits per heavy atom. The fourth-order valence-electron chi connectivity index (χ4n) is 3.53. The van der Waals surface area contributed by atoms with Gasteiger partial charge in [0, 0.05) is 37.9 Å². The molecule has 0 aliphatic carbocycles. The topological polar surface area (TPSA) is 26.8 Å². The molecule has 21 heavy (non-hydrogen) atoms. The van der Waals surface area contributed by atoms with Crippen LogP contribution < -0.4 is 9.80 Å². The molecule has 3 rings (SSSR count). The van der Waals surface area contributed by atoms with E-state index in [1.54, 1.807) is 6.92 Å². The van der Waals surface area contributed by atoms with Crippen LogP contribution in [0.15, 0.2) is 18.2 Å². The molecule has 2 aliphatic heterocycles. The third-order valence-electron chi connectivity index (χ3n) is 4.98. The quantitative estimate of drug-likeness (QED) is 0.833. The molecule has 2 heterocycles. The van der Waals surface area contributed by atoms with Crippen LogP contribution in [-0.2, 0) is 11.2 Å². The van der Waals surface area contributed by atoms with Crippen LogP contribution in [-0.4, -0.2) is 50.6 Å². The van der Waals surface area contributed by atoms with Crippen molar-refractivity contribution in [2.45, 2.75) is 32.2 Å². The Labute approximate surface area is 127 Å². The molecule has 2 aliphatic rings. The molecule has 0 N–H and O–H groups in total. The zero-order valence-electron chi connectivity index (χ0n) is 13.3. The maximum atomic E-state index is 11.6. The first-order chi connectivity index (χ1) is 10.1. The molecule has 1 aromatic carbocycles. The second kappa shape index (κ2) is 5.68. The van der Waals surface area contributed by atoms with Crippen LogP contribution in [0.1, 0.15) is 25.3 Å². The minimum atomic E-state index is 0.144. The molecule has 0 radical (unpaired) electrons. The van der Waals surface area contributed by atoms with Crippen molar-refractivity contribution in [2.24, 2.45) is 0 Å². The highest BCUT2D eigenvalue weighted by Crippen LogP contribution is 2.32. The second-order valence-corrected chi connectivity index (χ2v) is 6.38. The Kier molecular flexibility index (Phi) is 3.89. The van der Waals surface area contributed by atoms with Gasteiger partial charge < -0.3 is 14.7 Å². The van der Waals surface area contributed by atoms with Crippen LogP contribution in [0.2, 0.25) is 0 Å². The van der Waals surface area contributed by atoms with Crippen LogP contribution in [0, 0.1) is 0 Å². The summed E-state index contributed by atoms with van der Waals surface area (Å²) < 4.78 is 0. The van der Waals surface area contributed by atoms with Gasteiger partial charge in [0.1, 0.15) is 0 Å². The normalized spacial score (nSPS) is 19.7. The van der Waals surface area contributed by atoms with Gasteiger partial charge in [-0.1, -0.05) is 0 Å². The molecular formula is C17H25N3O. The van der Waals surface area contributed by atoms with Crippen LogP contribution in [0.5, 0.6) is 0 Å². The summed E-state index contributed by atoms with van der Waals surface area (Å²) in [4.78, 5) is 18.3. The number of benzene rings is 1. The standard InChI is InChI=1S/C17H25N3O/c1-13(21)20-11-6-14-12-16(4-5-17(14)20)19(3)15-7-9-18(2)10-8-15/h4-5,12,15H,6-11H2,1-3H3. The zero-order valence-corrected chi connectivity index (χ0v) is 13.3. The molecule has 1 fully saturated rings. The Bertz CT molecular complexity index is 535. The SMILES string of the molecule is CC(=O)N1CCc2cc(N(C)C3CCN(C)CC3)ccc21. The van der Waals surface area contributed by atoms with E-state index in [-0.39, 0.29) is 5.91 Å². The van der Waals surface area contributed by atoms with Gasteiger partial charge >= 0.3 is 0 Å². The lowest BCUT2D eigenvalue weighted by Gasteiger charge is -2.36. The maximum absolute atomic E-state index is 11.6. The molecule has 0 saturated carbocycles. The molecule has 0 unspecified atom stereocenters. The molecule has 114 valence electrons. The minimum absolute atomic E-state index is 0.144. The third kappa shape index (κ3) is 2.77. The number of nitrogens with zero attached hydrogens (tertiary/aromatic N) is 3. The highest BCUT2D eigenvalue weighted by atomic mass is 16.2. The van der Waals surface area contributed by atoms with E-state index in [4.69, 9.17) is 0 Å². The van der Waals surface area contributed by atoms with Crippen LogP contribution in [0.4, 0.5) is 11.4 Å². The van der Waals surface area contributed by atoms with Crippen molar-refractivity contribution in [3.05, 3.63) is 23.8 Å². The van der Waals surface area contributed by atoms with Crippen LogP contribution >= 0.6 is 0 Å². The van der Waals surface area contributed by atoms with Gasteiger partial charge in [-0.15, -0.1) is 0 Å². The summed E-state index contributed by atoms with van der Waals surface area (Å²) in [6.07, 6.45) is 3.43. The molecule has 0 aromatic heterocycles. The fourth-order valence-corrected chi connectivity index (χ4v) is 3.53. The van der Waals surface area contributed by atoms with Gasteiger partial charge in [-0.3, -0.25) is 4.79 Å². The average molecular weight is 287 g/mol. The predicted molar refractivity (Wildman–Crippen MR) is 87.1 cm³/mol. The molecule has 4 heteroatoms. The summed E-state index contributed by atoms with van der Waals surface area (Å²) >= 11 is 0. The number of rotatable bonds is 2. The Hall–Kier alpha value is -1.55. The third-order valence-corrected chi connectivity index (χ3v) is 4.98. The Balaban J connectivity index is 1.77. The molecule has 0 bridgehead atoms. The van der Waals surface area contributed by atoms with Crippen molar-refractivity contribution in [1.29, 1.82) is 0 Å². The summed E-state index contributed by atoms with van der Waals surface area (Å²) in [6.45, 7) is 4.83. The number of amides is 1. The first-order valence-corrected chi connectivity index (χ1v) is 7.88. The summed E-state index contributed by atoms with van der Waals surface area (Å²) in [5.74, 6) is 0.144. The Morgan fingerprint density at radius 2 is 1.95 bits per heavy atom. The molecule has 1 aromatic rings. The molecule has 0 spiro atoms. The lowest BCUT2D eigenvalue weighted by Crippen LogP contribution is -2.42. The van der Waals surface area contributed by atoms with Crippen molar-refractivity contribution in [1.82, 2.24) is 4.90 Å². The summed E-state index contributed by atoms with van der Waals surface area (Å²) in [6, 6.07) is 7.18. The summed E-state index contributed by atoms with van der Waals surface area (Å²) in [5.41, 5.74) is 3.69. The summed E-state index contributed by atoms with van der Waals surface area (Å²) in [7, 11) is 4.40. The minimum Gasteiger partial charge on any atom is -0.372 e. The van der Waals surface area contributed by atoms with Gasteiger partial charge in [0.15, 0.2) is 0 Å². The lowest BCUT2D eigenvalue weighted by atomic mass is 10.0. The Morgan fingerprint density at radius 3 is 2.62 bits per heavy atom. The fraction of sp³-hybridized carbons (Fsp3) is 0.588. The lowest BCUT2D eigenvalue weighted by molar-refractivity contribution is -0.116. The smallest absolute Gasteiger partial charge is 0.223 e. The van der Waals surface area contributed by atoms with Gasteiger partial charge in [0.2, 0.25) is 5.91 Å². The van der Waals surface area contributed by atoms with Crippen LogP contribution in [0.25, 0.3) is 0 Å². The van der Waals surface area contributed by atoms with Gasteiger partial charge in [-0.05, 0) is 63.2 Å². The second-order valence-electron chi connectivity index (χ2n) is 6.38. The largest absolute Gasteiger partial charge is 0.372 e. The van der Waals surface area contributed by atoms with E-state index in [2.05, 4.69) is 42.1 Å². The van der Waals surface area contributed by atoms with E-state index in [1.165, 1.54) is 37.2 Å². The number of likely N-dealkylation sites (tertiary alicyclic amines) is 1. The van der Waals surface area contributed by atoms with E-state index in [1.807, 2.05) is 4.90 Å². The van der Waals surface area contributed by atoms with Gasteiger partial charge in [-0.25, -0.2) is 0 Å². The number of fused-ring (bicyclic) bond motifs is 1. The van der Waals surface area contributed by atoms with E-state index < -0.39 is 0 Å². The highest BCUT2D eigenvalue weighted by molar-refractivity contribution is 5.94. The zero-order chi connectivity index (χ0) is 15.0. The average Bonchev–Trinajstić information content (AvgIpc) is 2.90. The molecular weight excluding hydrogens is 262 g/mol. The van der Waals surface area contributed by atoms with Gasteiger partial charge in [0.25, 0.3) is 0 Å². The first-order valence-electron chi connectivity index (χ1n) is 7.88. The maximum Gasteiger partial charge on any atom is 0.223 e. The number of carbonyl (C=O) groups excluding carboxylic acids is 1. The van der Waals surface area contributed by atoms with Crippen molar-refractivity contribution < 1.29 is 4.79 Å². The number of hydrogen-bond acceptors (Lipinski definition) is 3.